The molecule has 7 heteroatoms. The predicted octanol–water partition coefficient (Wildman–Crippen LogP) is 4.75. The van der Waals surface area contributed by atoms with Crippen LogP contribution in [0.2, 0.25) is 5.02 Å². The van der Waals surface area contributed by atoms with E-state index in [2.05, 4.69) is 40.7 Å². The van der Waals surface area contributed by atoms with Crippen LogP contribution in [0, 0.1) is 0 Å². The van der Waals surface area contributed by atoms with Gasteiger partial charge in [-0.1, -0.05) is 17.7 Å². The Bertz CT molecular complexity index is 980. The van der Waals surface area contributed by atoms with E-state index in [1.165, 1.54) is 11.1 Å². The Hall–Kier alpha value is -2.24. The molecule has 0 radical (unpaired) electrons. The summed E-state index contributed by atoms with van der Waals surface area (Å²) in [6.45, 7) is 1.62. The number of fused-ring (bicyclic) bond motifs is 1. The monoisotopic (exact) mass is 418 g/mol. The summed E-state index contributed by atoms with van der Waals surface area (Å²) in [6.07, 6.45) is 6.82. The van der Waals surface area contributed by atoms with E-state index in [1.807, 2.05) is 35.5 Å². The molecule has 148 valence electrons. The van der Waals surface area contributed by atoms with Crippen LogP contribution < -0.4 is 4.90 Å². The third kappa shape index (κ3) is 3.69. The number of carbonyl (C=O) groups excluding carboxylic acids is 1. The zero-order chi connectivity index (χ0) is 19.0. The second kappa shape index (κ2) is 8.41. The Labute approximate surface area is 176 Å². The molecular weight excluding hydrogens is 395 g/mol. The molecule has 4 rings (SSSR count). The van der Waals surface area contributed by atoms with Gasteiger partial charge in [-0.25, -0.2) is 0 Å². The zero-order valence-corrected chi connectivity index (χ0v) is 17.6. The minimum atomic E-state index is 0. The summed E-state index contributed by atoms with van der Waals surface area (Å²) in [4.78, 5) is 19.5. The SMILES string of the molecule is CN(c1cccc(Cl)c1)c1cc2cncc(C3CCN(C=O)CC3)c2n1C.Cl. The van der Waals surface area contributed by atoms with E-state index < -0.39 is 0 Å². The molecule has 28 heavy (non-hydrogen) atoms. The standard InChI is InChI=1S/C21H23ClN4O.ClH/c1-24(18-5-3-4-17(22)11-18)20-10-16-12-23-13-19(21(16)25(20)2)15-6-8-26(14-27)9-7-15;/h3-5,10-15H,6-9H2,1-2H3;1H. The second-order valence-electron chi connectivity index (χ2n) is 7.18. The maximum absolute atomic E-state index is 11.0. The first-order chi connectivity index (χ1) is 13.1. The van der Waals surface area contributed by atoms with Gasteiger partial charge < -0.3 is 14.4 Å². The van der Waals surface area contributed by atoms with Crippen LogP contribution in [0.25, 0.3) is 10.9 Å². The molecule has 0 atom stereocenters. The molecule has 0 N–H and O–H groups in total. The summed E-state index contributed by atoms with van der Waals surface area (Å²) in [7, 11) is 4.15. The summed E-state index contributed by atoms with van der Waals surface area (Å²) in [5, 5.41) is 1.86. The van der Waals surface area contributed by atoms with Gasteiger partial charge in [-0.3, -0.25) is 9.78 Å². The summed E-state index contributed by atoms with van der Waals surface area (Å²) >= 11 is 6.17. The van der Waals surface area contributed by atoms with E-state index in [0.717, 1.165) is 54.3 Å². The normalized spacial score (nSPS) is 14.8. The molecule has 2 aromatic heterocycles. The van der Waals surface area contributed by atoms with Crippen molar-refractivity contribution in [2.75, 3.05) is 25.0 Å². The third-order valence-corrected chi connectivity index (χ3v) is 5.83. The molecule has 3 heterocycles. The van der Waals surface area contributed by atoms with Crippen LogP contribution in [0.5, 0.6) is 0 Å². The number of halogens is 2. The van der Waals surface area contributed by atoms with Crippen LogP contribution in [0.15, 0.2) is 42.7 Å². The molecule has 0 aliphatic carbocycles. The average Bonchev–Trinajstić information content (AvgIpc) is 3.04. The Balaban J connectivity index is 0.00000225. The number of anilines is 2. The molecule has 5 nitrogen and oxygen atoms in total. The Morgan fingerprint density at radius 3 is 2.64 bits per heavy atom. The maximum Gasteiger partial charge on any atom is 0.209 e. The first-order valence-corrected chi connectivity index (χ1v) is 9.58. The van der Waals surface area contributed by atoms with E-state index in [0.29, 0.717) is 5.92 Å². The number of likely N-dealkylation sites (tertiary alicyclic amines) is 1. The first-order valence-electron chi connectivity index (χ1n) is 9.20. The lowest BCUT2D eigenvalue weighted by molar-refractivity contribution is -0.119. The summed E-state index contributed by atoms with van der Waals surface area (Å²) < 4.78 is 2.24. The fourth-order valence-electron chi connectivity index (χ4n) is 4.08. The van der Waals surface area contributed by atoms with Crippen molar-refractivity contribution >= 4 is 52.8 Å². The minimum absolute atomic E-state index is 0. The van der Waals surface area contributed by atoms with Crippen molar-refractivity contribution in [1.82, 2.24) is 14.5 Å². The average molecular weight is 419 g/mol. The number of benzene rings is 1. The van der Waals surface area contributed by atoms with Crippen LogP contribution in [0.1, 0.15) is 24.3 Å². The lowest BCUT2D eigenvalue weighted by Gasteiger charge is -2.29. The van der Waals surface area contributed by atoms with Crippen molar-refractivity contribution in [3.8, 4) is 0 Å². The van der Waals surface area contributed by atoms with Gasteiger partial charge in [0.25, 0.3) is 0 Å². The van der Waals surface area contributed by atoms with Crippen LogP contribution in [-0.4, -0.2) is 41.0 Å². The Morgan fingerprint density at radius 2 is 1.96 bits per heavy atom. The lowest BCUT2D eigenvalue weighted by Crippen LogP contribution is -2.31. The number of nitrogens with zero attached hydrogens (tertiary/aromatic N) is 4. The van der Waals surface area contributed by atoms with Gasteiger partial charge in [0.05, 0.1) is 5.52 Å². The number of hydrogen-bond donors (Lipinski definition) is 0. The number of aryl methyl sites for hydroxylation is 1. The van der Waals surface area contributed by atoms with Gasteiger partial charge in [0.1, 0.15) is 5.82 Å². The number of amides is 1. The smallest absolute Gasteiger partial charge is 0.209 e. The second-order valence-corrected chi connectivity index (χ2v) is 7.62. The van der Waals surface area contributed by atoms with Crippen molar-refractivity contribution in [3.63, 3.8) is 0 Å². The van der Waals surface area contributed by atoms with Gasteiger partial charge in [0.15, 0.2) is 0 Å². The highest BCUT2D eigenvalue weighted by molar-refractivity contribution is 6.30. The fraction of sp³-hybridized carbons (Fsp3) is 0.333. The topological polar surface area (TPSA) is 41.4 Å². The summed E-state index contributed by atoms with van der Waals surface area (Å²) in [5.41, 5.74) is 3.53. The van der Waals surface area contributed by atoms with Crippen LogP contribution >= 0.6 is 24.0 Å². The molecular formula is C21H24Cl2N4O. The Kier molecular flexibility index (Phi) is 6.16. The van der Waals surface area contributed by atoms with Gasteiger partial charge in [-0.2, -0.15) is 0 Å². The molecule has 1 aliphatic rings. The lowest BCUT2D eigenvalue weighted by atomic mass is 9.89. The van der Waals surface area contributed by atoms with Crippen molar-refractivity contribution in [2.24, 2.45) is 7.05 Å². The van der Waals surface area contributed by atoms with Gasteiger partial charge in [0.2, 0.25) is 6.41 Å². The summed E-state index contributed by atoms with van der Waals surface area (Å²) in [6, 6.07) is 10.0. The number of aromatic nitrogens is 2. The van der Waals surface area contributed by atoms with E-state index in [1.54, 1.807) is 0 Å². The molecule has 0 bridgehead atoms. The predicted molar refractivity (Wildman–Crippen MR) is 117 cm³/mol. The minimum Gasteiger partial charge on any atom is -0.345 e. The fourth-order valence-corrected chi connectivity index (χ4v) is 4.27. The number of piperidine rings is 1. The molecule has 0 unspecified atom stereocenters. The van der Waals surface area contributed by atoms with E-state index >= 15 is 0 Å². The van der Waals surface area contributed by atoms with Crippen molar-refractivity contribution < 1.29 is 4.79 Å². The highest BCUT2D eigenvalue weighted by atomic mass is 35.5. The summed E-state index contributed by atoms with van der Waals surface area (Å²) in [5.74, 6) is 1.52. The molecule has 1 saturated heterocycles. The van der Waals surface area contributed by atoms with Gasteiger partial charge >= 0.3 is 0 Å². The van der Waals surface area contributed by atoms with Crippen LogP contribution in [0.3, 0.4) is 0 Å². The van der Waals surface area contributed by atoms with Gasteiger partial charge in [-0.15, -0.1) is 12.4 Å². The highest BCUT2D eigenvalue weighted by Gasteiger charge is 2.24. The molecule has 3 aromatic rings. The van der Waals surface area contributed by atoms with Gasteiger partial charge in [-0.05, 0) is 48.6 Å². The van der Waals surface area contributed by atoms with E-state index in [9.17, 15) is 4.79 Å². The van der Waals surface area contributed by atoms with E-state index in [4.69, 9.17) is 11.6 Å². The van der Waals surface area contributed by atoms with E-state index in [-0.39, 0.29) is 12.4 Å². The zero-order valence-electron chi connectivity index (χ0n) is 16.0. The largest absolute Gasteiger partial charge is 0.345 e. The van der Waals surface area contributed by atoms with Crippen LogP contribution in [-0.2, 0) is 11.8 Å². The molecule has 1 aromatic carbocycles. The molecule has 0 saturated carbocycles. The molecule has 0 spiro atoms. The number of hydrogen-bond acceptors (Lipinski definition) is 3. The van der Waals surface area contributed by atoms with Gasteiger partial charge in [0, 0.05) is 55.7 Å². The quantitative estimate of drug-likeness (QED) is 0.573. The number of rotatable bonds is 4. The molecule has 1 amide bonds. The maximum atomic E-state index is 11.0. The highest BCUT2D eigenvalue weighted by Crippen LogP contribution is 2.36. The molecule has 1 fully saturated rings. The number of pyridine rings is 1. The molecule has 1 aliphatic heterocycles. The van der Waals surface area contributed by atoms with Crippen molar-refractivity contribution in [1.29, 1.82) is 0 Å². The Morgan fingerprint density at radius 1 is 1.21 bits per heavy atom. The van der Waals surface area contributed by atoms with Crippen molar-refractivity contribution in [2.45, 2.75) is 18.8 Å². The van der Waals surface area contributed by atoms with Crippen LogP contribution in [0.4, 0.5) is 11.5 Å². The third-order valence-electron chi connectivity index (χ3n) is 5.60. The first kappa shape index (κ1) is 20.5. The van der Waals surface area contributed by atoms with Crippen molar-refractivity contribution in [3.05, 3.63) is 53.3 Å². The number of carbonyl (C=O) groups is 1.